The van der Waals surface area contributed by atoms with Crippen molar-refractivity contribution in [2.75, 3.05) is 19.0 Å². The molecule has 0 amide bonds. The molecule has 1 heterocycles. The minimum atomic E-state index is 0.687. The van der Waals surface area contributed by atoms with Crippen LogP contribution in [0.2, 0.25) is 0 Å². The van der Waals surface area contributed by atoms with E-state index in [9.17, 15) is 0 Å². The second kappa shape index (κ2) is 6.59. The summed E-state index contributed by atoms with van der Waals surface area (Å²) in [6.07, 6.45) is 5.55. The zero-order valence-corrected chi connectivity index (χ0v) is 10.5. The number of ether oxygens (including phenoxy) is 1. The Kier molecular flexibility index (Phi) is 4.53. The molecule has 0 atom stereocenters. The lowest BCUT2D eigenvalue weighted by Gasteiger charge is -2.05. The molecule has 0 saturated heterocycles. The Labute approximate surface area is 107 Å². The van der Waals surface area contributed by atoms with Gasteiger partial charge in [0.25, 0.3) is 0 Å². The van der Waals surface area contributed by atoms with E-state index in [2.05, 4.69) is 27.4 Å². The van der Waals surface area contributed by atoms with Crippen molar-refractivity contribution >= 4 is 5.95 Å². The topological polar surface area (TPSA) is 47.0 Å². The van der Waals surface area contributed by atoms with E-state index in [4.69, 9.17) is 4.74 Å². The van der Waals surface area contributed by atoms with Gasteiger partial charge in [0.05, 0.1) is 7.11 Å². The molecule has 0 saturated carbocycles. The Balaban J connectivity index is 1.72. The largest absolute Gasteiger partial charge is 0.497 e. The van der Waals surface area contributed by atoms with Gasteiger partial charge >= 0.3 is 0 Å². The van der Waals surface area contributed by atoms with Crippen LogP contribution in [-0.2, 0) is 6.42 Å². The van der Waals surface area contributed by atoms with Crippen molar-refractivity contribution < 1.29 is 4.74 Å². The molecule has 0 aliphatic heterocycles. The summed E-state index contributed by atoms with van der Waals surface area (Å²) in [6, 6.07) is 9.98. The quantitative estimate of drug-likeness (QED) is 0.792. The van der Waals surface area contributed by atoms with Crippen LogP contribution < -0.4 is 10.1 Å². The molecule has 0 fully saturated rings. The number of rotatable bonds is 6. The van der Waals surface area contributed by atoms with Gasteiger partial charge in [-0.1, -0.05) is 12.1 Å². The summed E-state index contributed by atoms with van der Waals surface area (Å²) in [7, 11) is 1.68. The van der Waals surface area contributed by atoms with Crippen LogP contribution in [0.3, 0.4) is 0 Å². The highest BCUT2D eigenvalue weighted by molar-refractivity contribution is 5.27. The zero-order chi connectivity index (χ0) is 12.6. The second-order valence-corrected chi connectivity index (χ2v) is 3.95. The Hall–Kier alpha value is -2.10. The predicted molar refractivity (Wildman–Crippen MR) is 71.8 cm³/mol. The third-order valence-electron chi connectivity index (χ3n) is 2.65. The molecule has 2 rings (SSSR count). The van der Waals surface area contributed by atoms with Crippen LogP contribution in [0.4, 0.5) is 5.95 Å². The first kappa shape index (κ1) is 12.4. The summed E-state index contributed by atoms with van der Waals surface area (Å²) in [4.78, 5) is 8.21. The van der Waals surface area contributed by atoms with E-state index < -0.39 is 0 Å². The molecule has 4 nitrogen and oxygen atoms in total. The molecule has 0 aliphatic rings. The van der Waals surface area contributed by atoms with Crippen LogP contribution in [-0.4, -0.2) is 23.6 Å². The van der Waals surface area contributed by atoms with E-state index >= 15 is 0 Å². The van der Waals surface area contributed by atoms with E-state index in [0.717, 1.165) is 25.1 Å². The third kappa shape index (κ3) is 3.73. The molecule has 1 N–H and O–H groups in total. The smallest absolute Gasteiger partial charge is 0.222 e. The van der Waals surface area contributed by atoms with Crippen molar-refractivity contribution in [3.63, 3.8) is 0 Å². The molecule has 0 radical (unpaired) electrons. The van der Waals surface area contributed by atoms with Gasteiger partial charge in [0, 0.05) is 18.9 Å². The van der Waals surface area contributed by atoms with Crippen molar-refractivity contribution in [1.82, 2.24) is 9.97 Å². The van der Waals surface area contributed by atoms with Gasteiger partial charge in [-0.15, -0.1) is 0 Å². The van der Waals surface area contributed by atoms with Crippen molar-refractivity contribution in [2.45, 2.75) is 12.8 Å². The lowest BCUT2D eigenvalue weighted by Crippen LogP contribution is -2.05. The lowest BCUT2D eigenvalue weighted by molar-refractivity contribution is 0.414. The Morgan fingerprint density at radius 1 is 1.11 bits per heavy atom. The molecule has 18 heavy (non-hydrogen) atoms. The molecule has 0 bridgehead atoms. The summed E-state index contributed by atoms with van der Waals surface area (Å²) in [5.41, 5.74) is 1.31. The normalized spacial score (nSPS) is 10.1. The van der Waals surface area contributed by atoms with Crippen LogP contribution in [0.1, 0.15) is 12.0 Å². The summed E-state index contributed by atoms with van der Waals surface area (Å²) in [6.45, 7) is 0.871. The van der Waals surface area contributed by atoms with Gasteiger partial charge in [-0.05, 0) is 36.6 Å². The highest BCUT2D eigenvalue weighted by Crippen LogP contribution is 2.12. The third-order valence-corrected chi connectivity index (χ3v) is 2.65. The maximum absolute atomic E-state index is 5.12. The molecule has 0 aliphatic carbocycles. The lowest BCUT2D eigenvalue weighted by atomic mass is 10.1. The number of hydrogen-bond donors (Lipinski definition) is 1. The average Bonchev–Trinajstić information content (AvgIpc) is 2.45. The van der Waals surface area contributed by atoms with Gasteiger partial charge < -0.3 is 10.1 Å². The molecule has 94 valence electrons. The zero-order valence-electron chi connectivity index (χ0n) is 10.5. The van der Waals surface area contributed by atoms with E-state index in [1.165, 1.54) is 5.56 Å². The van der Waals surface area contributed by atoms with Crippen molar-refractivity contribution in [1.29, 1.82) is 0 Å². The van der Waals surface area contributed by atoms with E-state index in [-0.39, 0.29) is 0 Å². The monoisotopic (exact) mass is 243 g/mol. The van der Waals surface area contributed by atoms with Gasteiger partial charge in [-0.25, -0.2) is 9.97 Å². The van der Waals surface area contributed by atoms with Gasteiger partial charge in [-0.3, -0.25) is 0 Å². The van der Waals surface area contributed by atoms with E-state index in [0.29, 0.717) is 5.95 Å². The Morgan fingerprint density at radius 2 is 1.83 bits per heavy atom. The number of hydrogen-bond acceptors (Lipinski definition) is 4. The molecule has 4 heteroatoms. The molecule has 0 spiro atoms. The number of methoxy groups -OCH3 is 1. The van der Waals surface area contributed by atoms with Crippen molar-refractivity contribution in [3.05, 3.63) is 48.3 Å². The standard InChI is InChI=1S/C14H17N3O/c1-18-13-7-5-12(6-8-13)4-2-9-15-14-16-10-3-11-17-14/h3,5-8,10-11H,2,4,9H2,1H3,(H,15,16,17). The highest BCUT2D eigenvalue weighted by Gasteiger charge is 1.96. The minimum Gasteiger partial charge on any atom is -0.497 e. The van der Waals surface area contributed by atoms with E-state index in [1.807, 2.05) is 18.2 Å². The Morgan fingerprint density at radius 3 is 2.50 bits per heavy atom. The molecule has 1 aromatic carbocycles. The molecular weight excluding hydrogens is 226 g/mol. The first-order valence-electron chi connectivity index (χ1n) is 6.02. The van der Waals surface area contributed by atoms with Crippen LogP contribution >= 0.6 is 0 Å². The van der Waals surface area contributed by atoms with Gasteiger partial charge in [0.2, 0.25) is 5.95 Å². The Bertz CT molecular complexity index is 456. The van der Waals surface area contributed by atoms with Crippen LogP contribution in [0.25, 0.3) is 0 Å². The highest BCUT2D eigenvalue weighted by atomic mass is 16.5. The summed E-state index contributed by atoms with van der Waals surface area (Å²) in [5, 5.41) is 3.19. The average molecular weight is 243 g/mol. The maximum atomic E-state index is 5.12. The molecule has 1 aromatic heterocycles. The first-order chi connectivity index (χ1) is 8.88. The van der Waals surface area contributed by atoms with Crippen molar-refractivity contribution in [3.8, 4) is 5.75 Å². The SMILES string of the molecule is COc1ccc(CCCNc2ncccn2)cc1. The number of benzene rings is 1. The fraction of sp³-hybridized carbons (Fsp3) is 0.286. The van der Waals surface area contributed by atoms with Crippen LogP contribution in [0.5, 0.6) is 5.75 Å². The van der Waals surface area contributed by atoms with Gasteiger partial charge in [0.15, 0.2) is 0 Å². The van der Waals surface area contributed by atoms with Gasteiger partial charge in [-0.2, -0.15) is 0 Å². The second-order valence-electron chi connectivity index (χ2n) is 3.95. The molecule has 0 unspecified atom stereocenters. The summed E-state index contributed by atoms with van der Waals surface area (Å²) >= 11 is 0. The van der Waals surface area contributed by atoms with E-state index in [1.54, 1.807) is 19.5 Å². The van der Waals surface area contributed by atoms with Crippen molar-refractivity contribution in [2.24, 2.45) is 0 Å². The van der Waals surface area contributed by atoms with Crippen LogP contribution in [0.15, 0.2) is 42.7 Å². The molecule has 2 aromatic rings. The minimum absolute atomic E-state index is 0.687. The molecular formula is C14H17N3O. The number of aryl methyl sites for hydroxylation is 1. The summed E-state index contributed by atoms with van der Waals surface area (Å²) < 4.78 is 5.12. The van der Waals surface area contributed by atoms with Gasteiger partial charge in [0.1, 0.15) is 5.75 Å². The predicted octanol–water partition coefficient (Wildman–Crippen LogP) is 2.53. The fourth-order valence-corrected chi connectivity index (χ4v) is 1.68. The number of nitrogens with one attached hydrogen (secondary N) is 1. The summed E-state index contributed by atoms with van der Waals surface area (Å²) in [5.74, 6) is 1.58. The number of nitrogens with zero attached hydrogens (tertiary/aromatic N) is 2. The number of aromatic nitrogens is 2. The fourth-order valence-electron chi connectivity index (χ4n) is 1.68. The number of anilines is 1. The van der Waals surface area contributed by atoms with Crippen LogP contribution in [0, 0.1) is 0 Å². The first-order valence-corrected chi connectivity index (χ1v) is 6.02. The maximum Gasteiger partial charge on any atom is 0.222 e.